The number of carboxylic acids is 1. The molecule has 4 rings (SSSR count). The van der Waals surface area contributed by atoms with Crippen molar-refractivity contribution in [3.05, 3.63) is 89.0 Å². The number of hydrogen-bond donors (Lipinski definition) is 2. The fourth-order valence-corrected chi connectivity index (χ4v) is 3.33. The first kappa shape index (κ1) is 19.8. The topological polar surface area (TPSA) is 113 Å². The predicted octanol–water partition coefficient (Wildman–Crippen LogP) is 3.45. The number of hydrogen-bond acceptors (Lipinski definition) is 5. The van der Waals surface area contributed by atoms with E-state index in [0.717, 1.165) is 4.90 Å². The minimum atomic E-state index is -1.20. The molecule has 3 amide bonds. The summed E-state index contributed by atoms with van der Waals surface area (Å²) in [6.07, 6.45) is 0. The van der Waals surface area contributed by atoms with E-state index in [1.54, 1.807) is 30.3 Å². The van der Waals surface area contributed by atoms with Crippen molar-refractivity contribution >= 4 is 35.1 Å². The number of imide groups is 1. The molecule has 0 aliphatic carbocycles. The largest absolute Gasteiger partial charge is 0.495 e. The molecule has 0 bridgehead atoms. The van der Waals surface area contributed by atoms with Crippen LogP contribution in [0.5, 0.6) is 5.75 Å². The van der Waals surface area contributed by atoms with Gasteiger partial charge in [0.2, 0.25) is 0 Å². The van der Waals surface area contributed by atoms with Gasteiger partial charge < -0.3 is 15.2 Å². The number of rotatable bonds is 5. The van der Waals surface area contributed by atoms with Gasteiger partial charge in [0.15, 0.2) is 0 Å². The van der Waals surface area contributed by atoms with Gasteiger partial charge in [0, 0.05) is 5.56 Å². The maximum absolute atomic E-state index is 12.9. The van der Waals surface area contributed by atoms with E-state index in [-0.39, 0.29) is 34.0 Å². The Balaban J connectivity index is 1.69. The molecule has 3 aromatic rings. The molecular formula is C23H16N2O6. The molecule has 31 heavy (non-hydrogen) atoms. The molecule has 3 aromatic carbocycles. The van der Waals surface area contributed by atoms with Crippen LogP contribution >= 0.6 is 0 Å². The number of benzene rings is 3. The Morgan fingerprint density at radius 2 is 1.58 bits per heavy atom. The second-order valence-corrected chi connectivity index (χ2v) is 6.72. The molecule has 2 N–H and O–H groups in total. The maximum Gasteiger partial charge on any atom is 0.335 e. The van der Waals surface area contributed by atoms with Crippen molar-refractivity contribution in [3.63, 3.8) is 0 Å². The zero-order chi connectivity index (χ0) is 22.1. The zero-order valence-electron chi connectivity index (χ0n) is 16.3. The third kappa shape index (κ3) is 3.51. The molecule has 0 spiro atoms. The van der Waals surface area contributed by atoms with Crippen LogP contribution in [0.1, 0.15) is 41.4 Å². The Hall–Kier alpha value is -4.46. The highest BCUT2D eigenvalue weighted by atomic mass is 16.5. The lowest BCUT2D eigenvalue weighted by atomic mass is 10.1. The first-order valence-corrected chi connectivity index (χ1v) is 9.21. The molecule has 0 fully saturated rings. The number of carboxylic acid groups (broad SMARTS) is 1. The van der Waals surface area contributed by atoms with Crippen molar-refractivity contribution < 1.29 is 29.0 Å². The van der Waals surface area contributed by atoms with Gasteiger partial charge in [-0.25, -0.2) is 9.69 Å². The number of nitrogens with zero attached hydrogens (tertiary/aromatic N) is 1. The number of ether oxygens (including phenoxy) is 1. The lowest BCUT2D eigenvalue weighted by Gasteiger charge is -2.17. The molecule has 0 aromatic heterocycles. The Morgan fingerprint density at radius 3 is 2.26 bits per heavy atom. The van der Waals surface area contributed by atoms with Gasteiger partial charge in [0.05, 0.1) is 35.2 Å². The normalized spacial score (nSPS) is 12.5. The van der Waals surface area contributed by atoms with E-state index in [1.807, 2.05) is 0 Å². The minimum Gasteiger partial charge on any atom is -0.495 e. The molecule has 1 aliphatic rings. The van der Waals surface area contributed by atoms with Gasteiger partial charge in [-0.05, 0) is 48.5 Å². The molecule has 1 aliphatic heterocycles. The van der Waals surface area contributed by atoms with E-state index in [4.69, 9.17) is 9.84 Å². The monoisotopic (exact) mass is 416 g/mol. The Kier molecular flexibility index (Phi) is 4.96. The highest BCUT2D eigenvalue weighted by Crippen LogP contribution is 2.34. The second kappa shape index (κ2) is 7.75. The SMILES string of the molecule is COc1ccc(N2C(=O)c3ccc(C(=O)O)cc3C2=O)cc1NC(=O)c1ccccc1. The predicted molar refractivity (Wildman–Crippen MR) is 112 cm³/mol. The molecular weight excluding hydrogens is 400 g/mol. The lowest BCUT2D eigenvalue weighted by Crippen LogP contribution is -2.29. The van der Waals surface area contributed by atoms with Gasteiger partial charge in [0.25, 0.3) is 17.7 Å². The third-order valence-electron chi connectivity index (χ3n) is 4.86. The second-order valence-electron chi connectivity index (χ2n) is 6.72. The van der Waals surface area contributed by atoms with Gasteiger partial charge in [-0.1, -0.05) is 18.2 Å². The van der Waals surface area contributed by atoms with Crippen molar-refractivity contribution in [1.82, 2.24) is 0 Å². The van der Waals surface area contributed by atoms with Crippen LogP contribution in [0.2, 0.25) is 0 Å². The van der Waals surface area contributed by atoms with Crippen molar-refractivity contribution in [2.45, 2.75) is 0 Å². The smallest absolute Gasteiger partial charge is 0.335 e. The van der Waals surface area contributed by atoms with E-state index in [9.17, 15) is 19.2 Å². The lowest BCUT2D eigenvalue weighted by molar-refractivity contribution is 0.0696. The van der Waals surface area contributed by atoms with Crippen LogP contribution < -0.4 is 15.0 Å². The number of aromatic carboxylic acids is 1. The minimum absolute atomic E-state index is 0.00980. The van der Waals surface area contributed by atoms with Crippen LogP contribution in [0.3, 0.4) is 0 Å². The van der Waals surface area contributed by atoms with Crippen molar-refractivity contribution in [2.24, 2.45) is 0 Å². The Labute approximate surface area is 176 Å². The molecule has 0 radical (unpaired) electrons. The van der Waals surface area contributed by atoms with Crippen LogP contribution in [0.25, 0.3) is 0 Å². The summed E-state index contributed by atoms with van der Waals surface area (Å²) in [5, 5.41) is 11.9. The van der Waals surface area contributed by atoms with Crippen LogP contribution in [0, 0.1) is 0 Å². The fraction of sp³-hybridized carbons (Fsp3) is 0.0435. The number of methoxy groups -OCH3 is 1. The number of amides is 3. The maximum atomic E-state index is 12.9. The van der Waals surface area contributed by atoms with Crippen LogP contribution in [0.15, 0.2) is 66.7 Å². The van der Waals surface area contributed by atoms with E-state index >= 15 is 0 Å². The summed E-state index contributed by atoms with van der Waals surface area (Å²) in [5.74, 6) is -2.46. The van der Waals surface area contributed by atoms with Gasteiger partial charge in [-0.2, -0.15) is 0 Å². The number of carbonyl (C=O) groups is 4. The van der Waals surface area contributed by atoms with Gasteiger partial charge >= 0.3 is 5.97 Å². The quantitative estimate of drug-likeness (QED) is 0.616. The summed E-state index contributed by atoms with van der Waals surface area (Å²) in [4.78, 5) is 50.4. The first-order valence-electron chi connectivity index (χ1n) is 9.21. The van der Waals surface area contributed by atoms with Crippen LogP contribution in [-0.2, 0) is 0 Å². The summed E-state index contributed by atoms with van der Waals surface area (Å²) in [6.45, 7) is 0. The molecule has 0 saturated carbocycles. The van der Waals surface area contributed by atoms with E-state index in [2.05, 4.69) is 5.32 Å². The average Bonchev–Trinajstić information content (AvgIpc) is 3.03. The van der Waals surface area contributed by atoms with E-state index < -0.39 is 17.8 Å². The first-order chi connectivity index (χ1) is 14.9. The summed E-state index contributed by atoms with van der Waals surface area (Å²) < 4.78 is 5.29. The van der Waals surface area contributed by atoms with E-state index in [0.29, 0.717) is 11.3 Å². The van der Waals surface area contributed by atoms with Crippen molar-refractivity contribution in [3.8, 4) is 5.75 Å². The number of anilines is 2. The molecule has 8 nitrogen and oxygen atoms in total. The standard InChI is InChI=1S/C23H16N2O6/c1-31-19-10-8-15(12-18(19)24-20(26)13-5-3-2-4-6-13)25-21(27)16-9-7-14(23(29)30)11-17(16)22(25)28/h2-12H,1H3,(H,24,26)(H,29,30). The summed E-state index contributed by atoms with van der Waals surface area (Å²) >= 11 is 0. The molecule has 154 valence electrons. The zero-order valence-corrected chi connectivity index (χ0v) is 16.3. The van der Waals surface area contributed by atoms with Crippen LogP contribution in [-0.4, -0.2) is 35.9 Å². The summed E-state index contributed by atoms with van der Waals surface area (Å²) in [5.41, 5.74) is 0.948. The highest BCUT2D eigenvalue weighted by Gasteiger charge is 2.37. The Morgan fingerprint density at radius 1 is 0.871 bits per heavy atom. The number of nitrogens with one attached hydrogen (secondary N) is 1. The van der Waals surface area contributed by atoms with E-state index in [1.165, 1.54) is 43.5 Å². The highest BCUT2D eigenvalue weighted by molar-refractivity contribution is 6.34. The average molecular weight is 416 g/mol. The molecule has 0 unspecified atom stereocenters. The third-order valence-corrected chi connectivity index (χ3v) is 4.86. The summed E-state index contributed by atoms with van der Waals surface area (Å²) in [6, 6.07) is 16.8. The molecule has 1 heterocycles. The fourth-order valence-electron chi connectivity index (χ4n) is 3.33. The van der Waals surface area contributed by atoms with Crippen molar-refractivity contribution in [1.29, 1.82) is 0 Å². The van der Waals surface area contributed by atoms with Crippen LogP contribution in [0.4, 0.5) is 11.4 Å². The summed E-state index contributed by atoms with van der Waals surface area (Å²) in [7, 11) is 1.43. The molecule has 0 saturated heterocycles. The van der Waals surface area contributed by atoms with Gasteiger partial charge in [0.1, 0.15) is 5.75 Å². The molecule has 0 atom stereocenters. The van der Waals surface area contributed by atoms with Gasteiger partial charge in [-0.3, -0.25) is 14.4 Å². The number of carbonyl (C=O) groups excluding carboxylic acids is 3. The van der Waals surface area contributed by atoms with Gasteiger partial charge in [-0.15, -0.1) is 0 Å². The Bertz CT molecular complexity index is 1240. The van der Waals surface area contributed by atoms with Crippen molar-refractivity contribution in [2.75, 3.05) is 17.3 Å². The molecule has 8 heteroatoms. The number of fused-ring (bicyclic) bond motifs is 1.